The Hall–Kier alpha value is -4.07. The molecule has 0 aliphatic carbocycles. The molecule has 4 atom stereocenters. The lowest BCUT2D eigenvalue weighted by Crippen LogP contribution is -2.40. The molecule has 1 N–H and O–H groups in total. The molecule has 1 aliphatic heterocycles. The van der Waals surface area contributed by atoms with Crippen LogP contribution in [0.1, 0.15) is 39.4 Å². The lowest BCUT2D eigenvalue weighted by atomic mass is 10.0. The molecule has 1 aromatic heterocycles. The van der Waals surface area contributed by atoms with Crippen LogP contribution in [-0.4, -0.2) is 71.4 Å². The predicted molar refractivity (Wildman–Crippen MR) is 116 cm³/mol. The van der Waals surface area contributed by atoms with Crippen molar-refractivity contribution in [3.63, 3.8) is 0 Å². The number of esters is 4. The van der Waals surface area contributed by atoms with Crippen LogP contribution in [0.5, 0.6) is 0 Å². The van der Waals surface area contributed by atoms with Crippen LogP contribution in [0, 0.1) is 0 Å². The van der Waals surface area contributed by atoms with E-state index in [0.29, 0.717) is 0 Å². The Balaban J connectivity index is 2.60. The van der Waals surface area contributed by atoms with Gasteiger partial charge in [-0.1, -0.05) is 0 Å². The minimum Gasteiger partial charge on any atom is -0.466 e. The quantitative estimate of drug-likeness (QED) is 0.283. The van der Waals surface area contributed by atoms with Crippen LogP contribution >= 0.6 is 0 Å². The van der Waals surface area contributed by atoms with E-state index < -0.39 is 59.8 Å². The number of carbonyl (C=O) groups is 5. The lowest BCUT2D eigenvalue weighted by molar-refractivity contribution is -0.165. The second-order valence-corrected chi connectivity index (χ2v) is 7.30. The average Bonchev–Trinajstić information content (AvgIpc) is 3.06. The van der Waals surface area contributed by atoms with E-state index in [1.165, 1.54) is 19.3 Å². The maximum absolute atomic E-state index is 12.9. The number of aromatic nitrogens is 2. The Bertz CT molecular complexity index is 1090. The Morgan fingerprint density at radius 2 is 1.69 bits per heavy atom. The van der Waals surface area contributed by atoms with E-state index in [1.54, 1.807) is 0 Å². The highest BCUT2D eigenvalue weighted by molar-refractivity contribution is 5.88. The van der Waals surface area contributed by atoms with Crippen LogP contribution in [0.2, 0.25) is 0 Å². The van der Waals surface area contributed by atoms with Crippen LogP contribution in [0.25, 0.3) is 6.20 Å². The molecule has 35 heavy (non-hydrogen) atoms. The van der Waals surface area contributed by atoms with E-state index in [-0.39, 0.29) is 18.1 Å². The molecule has 1 fully saturated rings. The zero-order valence-electron chi connectivity index (χ0n) is 19.6. The molecule has 0 aromatic carbocycles. The summed E-state index contributed by atoms with van der Waals surface area (Å²) in [6, 6.07) is 0. The number of methoxy groups -OCH3 is 1. The second kappa shape index (κ2) is 11.9. The smallest absolute Gasteiger partial charge is 0.331 e. The molecule has 14 heteroatoms. The number of carbonyl (C=O) groups excluding carboxylic acids is 5. The normalized spacial score (nSPS) is 21.3. The first-order valence-corrected chi connectivity index (χ1v) is 10.2. The first-order chi connectivity index (χ1) is 16.4. The number of amides is 1. The summed E-state index contributed by atoms with van der Waals surface area (Å²) in [6.45, 7) is 4.21. The number of hydrogen-bond acceptors (Lipinski definition) is 12. The van der Waals surface area contributed by atoms with Crippen LogP contribution < -0.4 is 10.9 Å². The molecule has 190 valence electrons. The molecule has 0 radical (unpaired) electrons. The minimum absolute atomic E-state index is 0.164. The van der Waals surface area contributed by atoms with Gasteiger partial charge in [-0.3, -0.25) is 33.9 Å². The number of nitrogens with one attached hydrogen (secondary N) is 1. The standard InChI is InChI=1S/C21H25N3O11/c1-10(25)22-21-23-20(30)14(8-24(21)7-6-16(29)31-5)17-19(34-13(4)28)18(33-12(3)27)15(35-17)9-32-11(2)26/h6-8,15,17-19H,9H2,1-5H3,(H,22,23,25,30). The van der Waals surface area contributed by atoms with Gasteiger partial charge in [-0.15, -0.1) is 0 Å². The Morgan fingerprint density at radius 3 is 2.23 bits per heavy atom. The molecule has 1 aromatic rings. The fourth-order valence-corrected chi connectivity index (χ4v) is 3.22. The van der Waals surface area contributed by atoms with E-state index in [2.05, 4.69) is 15.0 Å². The summed E-state index contributed by atoms with van der Waals surface area (Å²) < 4.78 is 27.1. The topological polar surface area (TPSA) is 178 Å². The van der Waals surface area contributed by atoms with Gasteiger partial charge < -0.3 is 23.7 Å². The average molecular weight is 495 g/mol. The van der Waals surface area contributed by atoms with E-state index in [9.17, 15) is 28.8 Å². The van der Waals surface area contributed by atoms with Gasteiger partial charge in [0.1, 0.15) is 18.8 Å². The number of nitrogens with zero attached hydrogens (tertiary/aromatic N) is 2. The third-order valence-corrected chi connectivity index (χ3v) is 4.51. The molecular weight excluding hydrogens is 470 g/mol. The Kier molecular flexibility index (Phi) is 9.22. The van der Waals surface area contributed by atoms with Crippen LogP contribution in [-0.2, 0) is 47.7 Å². The van der Waals surface area contributed by atoms with Crippen molar-refractivity contribution in [1.82, 2.24) is 9.55 Å². The van der Waals surface area contributed by atoms with Gasteiger partial charge in [0.2, 0.25) is 11.9 Å². The van der Waals surface area contributed by atoms with Crippen molar-refractivity contribution in [2.24, 2.45) is 0 Å². The zero-order chi connectivity index (χ0) is 26.3. The lowest BCUT2D eigenvalue weighted by Gasteiger charge is -2.23. The zero-order valence-corrected chi connectivity index (χ0v) is 19.6. The SMILES string of the molecule is COC(=O)C=Cn1cc(C2OC(COC(C)=O)C(OC(C)=O)C2OC(C)=O)c(=O)nc1NC(C)=O. The van der Waals surface area contributed by atoms with E-state index in [0.717, 1.165) is 38.5 Å². The molecule has 2 heterocycles. The Labute approximate surface area is 199 Å². The van der Waals surface area contributed by atoms with Crippen molar-refractivity contribution in [1.29, 1.82) is 0 Å². The van der Waals surface area contributed by atoms with Crippen molar-refractivity contribution < 1.29 is 47.7 Å². The van der Waals surface area contributed by atoms with Crippen molar-refractivity contribution >= 4 is 41.9 Å². The molecule has 4 unspecified atom stereocenters. The number of rotatable bonds is 8. The fraction of sp³-hybridized carbons (Fsp3) is 0.476. The van der Waals surface area contributed by atoms with Gasteiger partial charge in [0, 0.05) is 46.2 Å². The number of ether oxygens (including phenoxy) is 5. The predicted octanol–water partition coefficient (Wildman–Crippen LogP) is -0.288. The molecule has 0 saturated carbocycles. The van der Waals surface area contributed by atoms with E-state index in [1.807, 2.05) is 0 Å². The summed E-state index contributed by atoms with van der Waals surface area (Å²) in [5.41, 5.74) is -1.03. The van der Waals surface area contributed by atoms with E-state index in [4.69, 9.17) is 18.9 Å². The van der Waals surface area contributed by atoms with Crippen LogP contribution in [0.4, 0.5) is 5.95 Å². The third-order valence-electron chi connectivity index (χ3n) is 4.51. The van der Waals surface area contributed by atoms with Gasteiger partial charge in [0.05, 0.1) is 12.7 Å². The first kappa shape index (κ1) is 27.2. The molecule has 0 bridgehead atoms. The van der Waals surface area contributed by atoms with Gasteiger partial charge >= 0.3 is 23.9 Å². The summed E-state index contributed by atoms with van der Waals surface area (Å²) in [6.07, 6.45) is -1.57. The maximum atomic E-state index is 12.9. The molecule has 0 spiro atoms. The third kappa shape index (κ3) is 7.46. The molecule has 1 saturated heterocycles. The van der Waals surface area contributed by atoms with E-state index >= 15 is 0 Å². The molecule has 2 rings (SSSR count). The van der Waals surface area contributed by atoms with Gasteiger partial charge in [-0.05, 0) is 0 Å². The fourth-order valence-electron chi connectivity index (χ4n) is 3.22. The van der Waals surface area contributed by atoms with Gasteiger partial charge in [-0.2, -0.15) is 4.98 Å². The molecular formula is C21H25N3O11. The molecule has 1 amide bonds. The summed E-state index contributed by atoms with van der Waals surface area (Å²) in [7, 11) is 1.16. The maximum Gasteiger partial charge on any atom is 0.331 e. The summed E-state index contributed by atoms with van der Waals surface area (Å²) >= 11 is 0. The first-order valence-electron chi connectivity index (χ1n) is 10.2. The Morgan fingerprint density at radius 1 is 1.06 bits per heavy atom. The molecule has 1 aliphatic rings. The van der Waals surface area contributed by atoms with Crippen LogP contribution in [0.3, 0.4) is 0 Å². The number of anilines is 1. The summed E-state index contributed by atoms with van der Waals surface area (Å²) in [5.74, 6) is -3.63. The van der Waals surface area contributed by atoms with Gasteiger partial charge in [0.25, 0.3) is 5.56 Å². The minimum atomic E-state index is -1.31. The second-order valence-electron chi connectivity index (χ2n) is 7.30. The summed E-state index contributed by atoms with van der Waals surface area (Å²) in [5, 5.41) is 2.35. The highest BCUT2D eigenvalue weighted by Crippen LogP contribution is 2.36. The van der Waals surface area contributed by atoms with Gasteiger partial charge in [0.15, 0.2) is 12.2 Å². The number of hydrogen-bond donors (Lipinski definition) is 1. The van der Waals surface area contributed by atoms with Crippen molar-refractivity contribution in [3.05, 3.63) is 28.2 Å². The highest BCUT2D eigenvalue weighted by atomic mass is 16.6. The van der Waals surface area contributed by atoms with Gasteiger partial charge in [-0.25, -0.2) is 4.79 Å². The monoisotopic (exact) mass is 495 g/mol. The largest absolute Gasteiger partial charge is 0.466 e. The van der Waals surface area contributed by atoms with Crippen molar-refractivity contribution in [3.8, 4) is 0 Å². The van der Waals surface area contributed by atoms with Crippen molar-refractivity contribution in [2.75, 3.05) is 19.0 Å². The van der Waals surface area contributed by atoms with Crippen LogP contribution in [0.15, 0.2) is 17.1 Å². The highest BCUT2D eigenvalue weighted by Gasteiger charge is 2.51. The summed E-state index contributed by atoms with van der Waals surface area (Å²) in [4.78, 5) is 74.6. The molecule has 14 nitrogen and oxygen atoms in total. The van der Waals surface area contributed by atoms with Crippen molar-refractivity contribution in [2.45, 2.75) is 52.1 Å².